The van der Waals surface area contributed by atoms with Gasteiger partial charge in [-0.25, -0.2) is 0 Å². The summed E-state index contributed by atoms with van der Waals surface area (Å²) in [5.74, 6) is 0.457. The molecule has 0 radical (unpaired) electrons. The fourth-order valence-electron chi connectivity index (χ4n) is 2.97. The maximum absolute atomic E-state index is 12.6. The number of hydrogen-bond acceptors (Lipinski definition) is 3. The van der Waals surface area contributed by atoms with E-state index in [4.69, 9.17) is 4.74 Å². The molecule has 0 fully saturated rings. The third-order valence-corrected chi connectivity index (χ3v) is 4.51. The van der Waals surface area contributed by atoms with Crippen LogP contribution in [0.25, 0.3) is 0 Å². The normalized spacial score (nSPS) is 16.3. The number of aliphatic hydroxyl groups excluding tert-OH is 1. The van der Waals surface area contributed by atoms with Gasteiger partial charge in [0.05, 0.1) is 6.61 Å². The molecule has 1 atom stereocenters. The first-order valence-corrected chi connectivity index (χ1v) is 8.31. The minimum absolute atomic E-state index is 0.0483. The number of carbonyl (C=O) groups excluding carboxylic acids is 1. The summed E-state index contributed by atoms with van der Waals surface area (Å²) in [6, 6.07) is 13.5. The van der Waals surface area contributed by atoms with Crippen LogP contribution in [-0.2, 0) is 17.8 Å². The van der Waals surface area contributed by atoms with Gasteiger partial charge in [0.2, 0.25) is 0 Å². The van der Waals surface area contributed by atoms with Crippen LogP contribution in [0.2, 0.25) is 0 Å². The molecule has 0 saturated carbocycles. The first kappa shape index (κ1) is 16.0. The number of carbonyl (C=O) groups is 1. The van der Waals surface area contributed by atoms with Gasteiger partial charge < -0.3 is 14.7 Å². The summed E-state index contributed by atoms with van der Waals surface area (Å²) in [5.41, 5.74) is 2.81. The highest BCUT2D eigenvalue weighted by atomic mass is 79.9. The number of amides is 1. The lowest BCUT2D eigenvalue weighted by Crippen LogP contribution is -2.39. The van der Waals surface area contributed by atoms with E-state index in [0.29, 0.717) is 11.3 Å². The molecule has 1 amide bonds. The third-order valence-electron chi connectivity index (χ3n) is 4.02. The maximum atomic E-state index is 12.6. The molecule has 0 aliphatic carbocycles. The van der Waals surface area contributed by atoms with Gasteiger partial charge >= 0.3 is 0 Å². The Morgan fingerprint density at radius 2 is 2.13 bits per heavy atom. The Balaban J connectivity index is 1.73. The minimum atomic E-state index is -0.133. The van der Waals surface area contributed by atoms with Crippen LogP contribution in [0, 0.1) is 0 Å². The van der Waals surface area contributed by atoms with Crippen molar-refractivity contribution in [2.45, 2.75) is 26.0 Å². The number of hydrogen-bond donors (Lipinski definition) is 1. The largest absolute Gasteiger partial charge is 0.483 e. The molecular weight excluding hydrogens is 358 g/mol. The van der Waals surface area contributed by atoms with Crippen molar-refractivity contribution in [2.75, 3.05) is 11.5 Å². The van der Waals surface area contributed by atoms with Gasteiger partial charge in [-0.3, -0.25) is 4.79 Å². The molecule has 0 aromatic heterocycles. The third kappa shape index (κ3) is 3.26. The molecule has 4 nitrogen and oxygen atoms in total. The number of aliphatic hydroxyl groups is 1. The number of anilines is 1. The second kappa shape index (κ2) is 6.72. The zero-order valence-corrected chi connectivity index (χ0v) is 14.4. The quantitative estimate of drug-likeness (QED) is 0.891. The highest BCUT2D eigenvalue weighted by Crippen LogP contribution is 2.32. The van der Waals surface area contributed by atoms with Gasteiger partial charge in [0.25, 0.3) is 5.91 Å². The number of para-hydroxylation sites is 1. The van der Waals surface area contributed by atoms with Crippen molar-refractivity contribution in [2.24, 2.45) is 0 Å². The van der Waals surface area contributed by atoms with Gasteiger partial charge in [-0.2, -0.15) is 0 Å². The Hall–Kier alpha value is -1.85. The van der Waals surface area contributed by atoms with Crippen LogP contribution in [0.15, 0.2) is 46.9 Å². The first-order valence-electron chi connectivity index (χ1n) is 7.52. The van der Waals surface area contributed by atoms with Crippen molar-refractivity contribution < 1.29 is 14.6 Å². The highest BCUT2D eigenvalue weighted by molar-refractivity contribution is 9.10. The lowest BCUT2D eigenvalue weighted by molar-refractivity contribution is -0.120. The maximum Gasteiger partial charge on any atom is 0.265 e. The number of ether oxygens (including phenoxy) is 1. The smallest absolute Gasteiger partial charge is 0.265 e. The SMILES string of the molecule is C[C@@H]1Cc2ccccc2N1C(=O)COc1ccc(Br)cc1CO. The standard InChI is InChI=1S/C18H18BrNO3/c1-12-8-13-4-2-3-5-16(13)20(12)18(22)11-23-17-7-6-15(19)9-14(17)10-21/h2-7,9,12,21H,8,10-11H2,1H3/t12-/m1/s1. The van der Waals surface area contributed by atoms with E-state index in [2.05, 4.69) is 22.0 Å². The van der Waals surface area contributed by atoms with E-state index in [0.717, 1.165) is 16.6 Å². The number of nitrogens with zero attached hydrogens (tertiary/aromatic N) is 1. The number of halogens is 1. The molecule has 1 aliphatic rings. The van der Waals surface area contributed by atoms with Crippen molar-refractivity contribution in [1.29, 1.82) is 0 Å². The lowest BCUT2D eigenvalue weighted by Gasteiger charge is -2.23. The van der Waals surface area contributed by atoms with Gasteiger partial charge in [-0.15, -0.1) is 0 Å². The zero-order chi connectivity index (χ0) is 16.4. The van der Waals surface area contributed by atoms with E-state index < -0.39 is 0 Å². The summed E-state index contributed by atoms with van der Waals surface area (Å²) in [4.78, 5) is 14.4. The number of benzene rings is 2. The second-order valence-corrected chi connectivity index (χ2v) is 6.56. The predicted molar refractivity (Wildman–Crippen MR) is 92.7 cm³/mol. The van der Waals surface area contributed by atoms with Crippen LogP contribution in [0.3, 0.4) is 0 Å². The molecular formula is C18H18BrNO3. The summed E-state index contributed by atoms with van der Waals surface area (Å²) in [5, 5.41) is 9.40. The molecule has 23 heavy (non-hydrogen) atoms. The van der Waals surface area contributed by atoms with Gasteiger partial charge in [-0.05, 0) is 43.2 Å². The number of rotatable bonds is 4. The van der Waals surface area contributed by atoms with Crippen LogP contribution in [-0.4, -0.2) is 23.7 Å². The summed E-state index contributed by atoms with van der Waals surface area (Å²) >= 11 is 3.36. The highest BCUT2D eigenvalue weighted by Gasteiger charge is 2.30. The molecule has 1 heterocycles. The fourth-order valence-corrected chi connectivity index (χ4v) is 3.38. The molecule has 0 saturated heterocycles. The van der Waals surface area contributed by atoms with Gasteiger partial charge in [0.1, 0.15) is 5.75 Å². The molecule has 0 bridgehead atoms. The van der Waals surface area contributed by atoms with Crippen molar-refractivity contribution in [3.05, 3.63) is 58.1 Å². The predicted octanol–water partition coefficient (Wildman–Crippen LogP) is 3.30. The molecule has 1 aliphatic heterocycles. The molecule has 3 rings (SSSR count). The minimum Gasteiger partial charge on any atom is -0.483 e. The zero-order valence-electron chi connectivity index (χ0n) is 12.8. The average molecular weight is 376 g/mol. The molecule has 0 unspecified atom stereocenters. The van der Waals surface area contributed by atoms with E-state index in [-0.39, 0.29) is 25.2 Å². The Labute approximate surface area is 143 Å². The van der Waals surface area contributed by atoms with Crippen LogP contribution in [0.1, 0.15) is 18.1 Å². The van der Waals surface area contributed by atoms with E-state index in [1.165, 1.54) is 5.56 Å². The van der Waals surface area contributed by atoms with Crippen LogP contribution < -0.4 is 9.64 Å². The molecule has 2 aromatic carbocycles. The summed E-state index contributed by atoms with van der Waals surface area (Å²) in [6.45, 7) is 1.86. The fraction of sp³-hybridized carbons (Fsp3) is 0.278. The lowest BCUT2D eigenvalue weighted by atomic mass is 10.1. The second-order valence-electron chi connectivity index (χ2n) is 5.64. The van der Waals surface area contributed by atoms with Gasteiger partial charge in [0.15, 0.2) is 6.61 Å². The Bertz CT molecular complexity index is 732. The van der Waals surface area contributed by atoms with E-state index in [9.17, 15) is 9.90 Å². The Kier molecular flexibility index (Phi) is 4.68. The van der Waals surface area contributed by atoms with Gasteiger partial charge in [-0.1, -0.05) is 34.1 Å². The van der Waals surface area contributed by atoms with Crippen molar-refractivity contribution in [3.8, 4) is 5.75 Å². The molecule has 2 aromatic rings. The Morgan fingerprint density at radius 3 is 2.91 bits per heavy atom. The van der Waals surface area contributed by atoms with Crippen molar-refractivity contribution in [1.82, 2.24) is 0 Å². The van der Waals surface area contributed by atoms with Gasteiger partial charge in [0, 0.05) is 21.8 Å². The monoisotopic (exact) mass is 375 g/mol. The average Bonchev–Trinajstić information content (AvgIpc) is 2.89. The Morgan fingerprint density at radius 1 is 1.35 bits per heavy atom. The van der Waals surface area contributed by atoms with Crippen molar-refractivity contribution >= 4 is 27.5 Å². The first-order chi connectivity index (χ1) is 11.1. The molecule has 1 N–H and O–H groups in total. The topological polar surface area (TPSA) is 49.8 Å². The summed E-state index contributed by atoms with van der Waals surface area (Å²) < 4.78 is 6.51. The summed E-state index contributed by atoms with van der Waals surface area (Å²) in [7, 11) is 0. The molecule has 120 valence electrons. The van der Waals surface area contributed by atoms with Crippen LogP contribution in [0.5, 0.6) is 5.75 Å². The molecule has 5 heteroatoms. The van der Waals surface area contributed by atoms with Crippen LogP contribution in [0.4, 0.5) is 5.69 Å². The van der Waals surface area contributed by atoms with E-state index in [1.54, 1.807) is 17.0 Å². The summed E-state index contributed by atoms with van der Waals surface area (Å²) in [6.07, 6.45) is 0.863. The number of fused-ring (bicyclic) bond motifs is 1. The van der Waals surface area contributed by atoms with E-state index >= 15 is 0 Å². The van der Waals surface area contributed by atoms with E-state index in [1.807, 2.05) is 31.2 Å². The van der Waals surface area contributed by atoms with Crippen molar-refractivity contribution in [3.63, 3.8) is 0 Å². The molecule has 0 spiro atoms. The van der Waals surface area contributed by atoms with Crippen LogP contribution >= 0.6 is 15.9 Å².